The normalized spacial score (nSPS) is 21.0. The zero-order valence-corrected chi connectivity index (χ0v) is 24.9. The molecular weight excluding hydrogens is 556 g/mol. The number of imide groups is 1. The smallest absolute Gasteiger partial charge is 0.302 e. The number of nitrogens with one attached hydrogen (secondary N) is 2. The Labute approximate surface area is 251 Å². The molecule has 0 spiro atoms. The number of aliphatic imine (C=N–C) groups is 1. The highest BCUT2D eigenvalue weighted by Gasteiger charge is 2.42. The quantitative estimate of drug-likeness (QED) is 0.150. The average Bonchev–Trinajstić information content (AvgIpc) is 3.28. The predicted molar refractivity (Wildman–Crippen MR) is 163 cm³/mol. The molecule has 1 aromatic carbocycles. The summed E-state index contributed by atoms with van der Waals surface area (Å²) in [6.07, 6.45) is 6.38. The van der Waals surface area contributed by atoms with Crippen LogP contribution in [0.5, 0.6) is 0 Å². The van der Waals surface area contributed by atoms with E-state index in [4.69, 9.17) is 0 Å². The van der Waals surface area contributed by atoms with Gasteiger partial charge >= 0.3 is 5.70 Å². The minimum atomic E-state index is -1.03. The number of hydrogen-bond donors (Lipinski definition) is 3. The van der Waals surface area contributed by atoms with Crippen molar-refractivity contribution >= 4 is 35.9 Å². The molecule has 43 heavy (non-hydrogen) atoms. The predicted octanol–water partition coefficient (Wildman–Crippen LogP) is 0.652. The first-order valence-corrected chi connectivity index (χ1v) is 14.6. The second-order valence-corrected chi connectivity index (χ2v) is 10.5. The number of aldehydes is 1. The Hall–Kier alpha value is -4.17. The number of piperazine rings is 1. The van der Waals surface area contributed by atoms with Crippen molar-refractivity contribution in [3.8, 4) is 0 Å². The molecule has 2 unspecified atom stereocenters. The minimum absolute atomic E-state index is 0.0272. The van der Waals surface area contributed by atoms with Gasteiger partial charge < -0.3 is 26.1 Å². The van der Waals surface area contributed by atoms with Gasteiger partial charge in [0.2, 0.25) is 5.91 Å². The van der Waals surface area contributed by atoms with E-state index in [0.29, 0.717) is 25.3 Å². The molecule has 3 amide bonds. The van der Waals surface area contributed by atoms with Crippen molar-refractivity contribution < 1.29 is 24.1 Å². The lowest BCUT2D eigenvalue weighted by atomic mass is 9.97. The molecule has 0 saturated carbocycles. The van der Waals surface area contributed by atoms with E-state index in [9.17, 15) is 29.3 Å². The van der Waals surface area contributed by atoms with Crippen molar-refractivity contribution in [3.05, 3.63) is 51.3 Å². The number of fused-ring (bicyclic) bond motifs is 1. The molecule has 14 heteroatoms. The van der Waals surface area contributed by atoms with Gasteiger partial charge in [0.15, 0.2) is 0 Å². The Morgan fingerprint density at radius 3 is 2.58 bits per heavy atom. The lowest BCUT2D eigenvalue weighted by Crippen LogP contribution is -2.48. The Morgan fingerprint density at radius 1 is 1.19 bits per heavy atom. The summed E-state index contributed by atoms with van der Waals surface area (Å²) in [5, 5.41) is 16.5. The van der Waals surface area contributed by atoms with Crippen molar-refractivity contribution in [1.82, 2.24) is 20.4 Å². The van der Waals surface area contributed by atoms with Crippen LogP contribution in [0.25, 0.3) is 0 Å². The largest absolute Gasteiger partial charge is 0.385 e. The molecular formula is C29H42N8O6. The van der Waals surface area contributed by atoms with Crippen molar-refractivity contribution in [1.29, 1.82) is 0 Å². The molecule has 3 heterocycles. The maximum absolute atomic E-state index is 13.3. The highest BCUT2D eigenvalue weighted by molar-refractivity contribution is 6.23. The number of nitrogens with two attached hydrogens (primary N) is 1. The van der Waals surface area contributed by atoms with Crippen molar-refractivity contribution in [2.75, 3.05) is 64.8 Å². The van der Waals surface area contributed by atoms with Crippen LogP contribution in [0.2, 0.25) is 0 Å². The molecule has 4 N–H and O–H groups in total. The van der Waals surface area contributed by atoms with Gasteiger partial charge in [0.1, 0.15) is 18.5 Å². The van der Waals surface area contributed by atoms with Crippen LogP contribution in [0.15, 0.2) is 35.1 Å². The lowest BCUT2D eigenvalue weighted by molar-refractivity contribution is -0.414. The maximum atomic E-state index is 13.3. The van der Waals surface area contributed by atoms with Crippen LogP contribution in [-0.4, -0.2) is 111 Å². The average molecular weight is 599 g/mol. The number of nitro groups is 1. The van der Waals surface area contributed by atoms with Gasteiger partial charge in [-0.25, -0.2) is 0 Å². The van der Waals surface area contributed by atoms with Crippen LogP contribution in [-0.2, 0) is 9.59 Å². The summed E-state index contributed by atoms with van der Waals surface area (Å²) in [6.45, 7) is 5.47. The van der Waals surface area contributed by atoms with Gasteiger partial charge in [0, 0.05) is 58.4 Å². The van der Waals surface area contributed by atoms with Crippen LogP contribution < -0.4 is 21.3 Å². The van der Waals surface area contributed by atoms with E-state index in [-0.39, 0.29) is 29.7 Å². The molecule has 0 radical (unpaired) electrons. The van der Waals surface area contributed by atoms with Gasteiger partial charge in [-0.3, -0.25) is 39.3 Å². The van der Waals surface area contributed by atoms with Crippen LogP contribution in [0.3, 0.4) is 0 Å². The van der Waals surface area contributed by atoms with Gasteiger partial charge in [-0.15, -0.1) is 0 Å². The first-order valence-electron chi connectivity index (χ1n) is 14.6. The molecule has 3 aliphatic heterocycles. The number of nitrogens with zero attached hydrogens (tertiary/aromatic N) is 5. The zero-order chi connectivity index (χ0) is 31.4. The zero-order valence-electron chi connectivity index (χ0n) is 24.9. The van der Waals surface area contributed by atoms with Crippen molar-refractivity contribution in [2.24, 2.45) is 16.6 Å². The molecule has 14 nitrogen and oxygen atoms in total. The molecule has 1 fully saturated rings. The first kappa shape index (κ1) is 33.3. The van der Waals surface area contributed by atoms with Gasteiger partial charge in [-0.05, 0) is 63.4 Å². The lowest BCUT2D eigenvalue weighted by Gasteiger charge is -2.36. The number of rotatable bonds is 10. The number of carbonyl (C=O) groups is 4. The molecule has 0 bridgehead atoms. The third-order valence-electron chi connectivity index (χ3n) is 7.96. The van der Waals surface area contributed by atoms with Gasteiger partial charge in [0.25, 0.3) is 11.8 Å². The summed E-state index contributed by atoms with van der Waals surface area (Å²) in [5.41, 5.74) is 5.88. The number of likely N-dealkylation sites (N-methyl/N-ethyl adjacent to an activating group) is 1. The summed E-state index contributed by atoms with van der Waals surface area (Å²) in [4.78, 5) is 70.0. The Morgan fingerprint density at radius 2 is 1.91 bits per heavy atom. The van der Waals surface area contributed by atoms with Crippen LogP contribution in [0.4, 0.5) is 5.69 Å². The fourth-order valence-electron chi connectivity index (χ4n) is 5.54. The second kappa shape index (κ2) is 16.5. The minimum Gasteiger partial charge on any atom is -0.385 e. The summed E-state index contributed by atoms with van der Waals surface area (Å²) in [7, 11) is 2.94. The van der Waals surface area contributed by atoms with Gasteiger partial charge in [-0.2, -0.15) is 0 Å². The van der Waals surface area contributed by atoms with Crippen molar-refractivity contribution in [3.63, 3.8) is 0 Å². The molecule has 4 rings (SSSR count). The standard InChI is InChI=1S/C28H37N7O6.CH5N/c1-29-26(37)25(3-2-16-36)34-27(38)23-5-4-21(17-24(23)28(34)39)33-14-12-32(13-15-33)11-8-20-6-9-30-18-22(35(40)41)19-31-10-7-20;1-2/h4-5,16-20,25,30H,2-3,6-15H2,1H3,(H,29,37);2H2,1H3/b22-18+,31-19?;. The van der Waals surface area contributed by atoms with E-state index in [1.807, 2.05) is 6.07 Å². The third-order valence-corrected chi connectivity index (χ3v) is 7.96. The van der Waals surface area contributed by atoms with E-state index < -0.39 is 28.7 Å². The number of hydrogen-bond acceptors (Lipinski definition) is 11. The molecule has 1 saturated heterocycles. The summed E-state index contributed by atoms with van der Waals surface area (Å²) < 4.78 is 0. The monoisotopic (exact) mass is 598 g/mol. The molecule has 0 aromatic heterocycles. The van der Waals surface area contributed by atoms with Gasteiger partial charge in [0.05, 0.1) is 22.3 Å². The van der Waals surface area contributed by atoms with Crippen LogP contribution in [0.1, 0.15) is 52.8 Å². The topological polar surface area (TPSA) is 184 Å². The number of benzene rings is 1. The molecule has 3 aliphatic rings. The molecule has 2 atom stereocenters. The number of anilines is 1. The number of carbonyl (C=O) groups excluding carboxylic acids is 4. The van der Waals surface area contributed by atoms with E-state index >= 15 is 0 Å². The SMILES string of the molecule is CN.CNC(=O)C(CCC=O)N1C(=O)c2ccc(N3CCN(CCC4CCN=C/C([N+](=O)[O-])=C\NCC4)CC3)cc2C1=O. The molecule has 1 aromatic rings. The van der Waals surface area contributed by atoms with E-state index in [1.54, 1.807) is 12.1 Å². The van der Waals surface area contributed by atoms with Crippen LogP contribution >= 0.6 is 0 Å². The Kier molecular flexibility index (Phi) is 12.8. The van der Waals surface area contributed by atoms with Gasteiger partial charge in [-0.1, -0.05) is 0 Å². The summed E-state index contributed by atoms with van der Waals surface area (Å²) >= 11 is 0. The number of allylic oxidation sites excluding steroid dienone is 1. The summed E-state index contributed by atoms with van der Waals surface area (Å²) in [6, 6.07) is 4.19. The van der Waals surface area contributed by atoms with E-state index in [0.717, 1.165) is 62.6 Å². The van der Waals surface area contributed by atoms with E-state index in [1.165, 1.54) is 26.5 Å². The molecule has 0 aliphatic carbocycles. The Bertz CT molecular complexity index is 1230. The van der Waals surface area contributed by atoms with E-state index in [2.05, 4.69) is 31.2 Å². The second-order valence-electron chi connectivity index (χ2n) is 10.5. The highest BCUT2D eigenvalue weighted by Crippen LogP contribution is 2.30. The first-order chi connectivity index (χ1) is 20.8. The number of amides is 3. The summed E-state index contributed by atoms with van der Waals surface area (Å²) in [5.74, 6) is -1.04. The van der Waals surface area contributed by atoms with Crippen molar-refractivity contribution in [2.45, 2.75) is 38.1 Å². The third kappa shape index (κ3) is 8.45. The maximum Gasteiger partial charge on any atom is 0.302 e. The Balaban J connectivity index is 0.00000248. The highest BCUT2D eigenvalue weighted by atomic mass is 16.6. The van der Waals surface area contributed by atoms with Crippen LogP contribution in [0, 0.1) is 16.0 Å². The molecule has 234 valence electrons. The fraction of sp³-hybridized carbons (Fsp3) is 0.552. The fourth-order valence-corrected chi connectivity index (χ4v) is 5.54.